The van der Waals surface area contributed by atoms with E-state index in [4.69, 9.17) is 0 Å². The standard InChI is InChI=1S/C16H17N5O/c1-9(2)14-10(3)19-21-16(14)18-15(20-21)12-5-7-13(8-6-12)17-11(4)22/h5-8H,1-4H3,(H,17,22). The van der Waals surface area contributed by atoms with Crippen molar-refractivity contribution in [3.05, 3.63) is 35.2 Å². The van der Waals surface area contributed by atoms with Gasteiger partial charge < -0.3 is 5.32 Å². The van der Waals surface area contributed by atoms with Crippen LogP contribution in [0, 0.1) is 6.92 Å². The van der Waals surface area contributed by atoms with Crippen LogP contribution in [0.25, 0.3) is 22.6 Å². The first-order chi connectivity index (χ1) is 10.5. The lowest BCUT2D eigenvalue weighted by Gasteiger charge is -2.01. The van der Waals surface area contributed by atoms with E-state index in [-0.39, 0.29) is 5.91 Å². The van der Waals surface area contributed by atoms with Crippen LogP contribution in [0.5, 0.6) is 0 Å². The first-order valence-corrected chi connectivity index (χ1v) is 7.04. The Morgan fingerprint density at radius 3 is 2.36 bits per heavy atom. The summed E-state index contributed by atoms with van der Waals surface area (Å²) in [7, 11) is 0. The number of rotatable bonds is 2. The molecular weight excluding hydrogens is 278 g/mol. The number of aryl methyl sites for hydroxylation is 1. The van der Waals surface area contributed by atoms with Crippen molar-refractivity contribution in [1.29, 1.82) is 0 Å². The maximum Gasteiger partial charge on any atom is 0.221 e. The molecule has 112 valence electrons. The highest BCUT2D eigenvalue weighted by atomic mass is 16.1. The Kier molecular flexibility index (Phi) is 3.36. The van der Waals surface area contributed by atoms with Gasteiger partial charge in [0.15, 0.2) is 11.5 Å². The topological polar surface area (TPSA) is 72.2 Å². The fourth-order valence-electron chi connectivity index (χ4n) is 2.50. The lowest BCUT2D eigenvalue weighted by molar-refractivity contribution is -0.114. The smallest absolute Gasteiger partial charge is 0.221 e. The van der Waals surface area contributed by atoms with E-state index in [9.17, 15) is 4.79 Å². The van der Waals surface area contributed by atoms with E-state index in [1.54, 1.807) is 4.63 Å². The second-order valence-corrected chi connectivity index (χ2v) is 5.47. The summed E-state index contributed by atoms with van der Waals surface area (Å²) in [6.45, 7) is 7.53. The van der Waals surface area contributed by atoms with Crippen LogP contribution in [0.4, 0.5) is 5.69 Å². The molecule has 1 N–H and O–H groups in total. The molecule has 0 unspecified atom stereocenters. The predicted molar refractivity (Wildman–Crippen MR) is 85.2 cm³/mol. The zero-order valence-corrected chi connectivity index (χ0v) is 13.0. The lowest BCUT2D eigenvalue weighted by Crippen LogP contribution is -2.05. The Balaban J connectivity index is 2.04. The molecule has 6 heteroatoms. The van der Waals surface area contributed by atoms with E-state index >= 15 is 0 Å². The number of aromatic nitrogens is 4. The number of carbonyl (C=O) groups is 1. The molecule has 0 spiro atoms. The number of carbonyl (C=O) groups excluding carboxylic acids is 1. The summed E-state index contributed by atoms with van der Waals surface area (Å²) in [4.78, 5) is 15.6. The summed E-state index contributed by atoms with van der Waals surface area (Å²) in [5.74, 6) is 0.532. The Hall–Kier alpha value is -2.76. The molecule has 3 aromatic rings. The number of nitrogens with zero attached hydrogens (tertiary/aromatic N) is 4. The molecule has 0 fully saturated rings. The highest BCUT2D eigenvalue weighted by Crippen LogP contribution is 2.18. The fourth-order valence-corrected chi connectivity index (χ4v) is 2.50. The van der Waals surface area contributed by atoms with Gasteiger partial charge in [-0.3, -0.25) is 4.79 Å². The van der Waals surface area contributed by atoms with Gasteiger partial charge in [-0.25, -0.2) is 4.98 Å². The van der Waals surface area contributed by atoms with Crippen molar-refractivity contribution >= 4 is 22.8 Å². The van der Waals surface area contributed by atoms with E-state index in [1.807, 2.05) is 45.0 Å². The Labute approximate surface area is 127 Å². The van der Waals surface area contributed by atoms with Gasteiger partial charge in [0.05, 0.1) is 5.69 Å². The summed E-state index contributed by atoms with van der Waals surface area (Å²) in [6.07, 6.45) is 0. The minimum absolute atomic E-state index is 0.0927. The summed E-state index contributed by atoms with van der Waals surface area (Å²) in [5.41, 5.74) is 4.51. The van der Waals surface area contributed by atoms with Gasteiger partial charge in [0.2, 0.25) is 5.91 Å². The average Bonchev–Trinajstić information content (AvgIpc) is 2.94. The number of fused-ring (bicyclic) bond motifs is 1. The molecular formula is C16H17N5O. The van der Waals surface area contributed by atoms with E-state index in [0.29, 0.717) is 5.82 Å². The van der Waals surface area contributed by atoms with Crippen LogP contribution in [0.1, 0.15) is 26.5 Å². The van der Waals surface area contributed by atoms with E-state index in [1.165, 1.54) is 12.5 Å². The van der Waals surface area contributed by atoms with Crippen LogP contribution in [0.3, 0.4) is 0 Å². The molecule has 0 aliphatic carbocycles. The van der Waals surface area contributed by atoms with Crippen LogP contribution < -0.4 is 10.5 Å². The second kappa shape index (κ2) is 5.22. The second-order valence-electron chi connectivity index (χ2n) is 5.47. The van der Waals surface area contributed by atoms with Gasteiger partial charge in [-0.15, -0.1) is 9.73 Å². The van der Waals surface area contributed by atoms with Crippen LogP contribution in [-0.2, 0) is 4.79 Å². The highest BCUT2D eigenvalue weighted by molar-refractivity contribution is 5.88. The first kappa shape index (κ1) is 14.2. The van der Waals surface area contributed by atoms with Gasteiger partial charge in [0.1, 0.15) is 0 Å². The van der Waals surface area contributed by atoms with E-state index in [0.717, 1.165) is 27.8 Å². The van der Waals surface area contributed by atoms with Crippen molar-refractivity contribution in [3.8, 4) is 11.4 Å². The number of amides is 1. The van der Waals surface area contributed by atoms with Gasteiger partial charge in [0.25, 0.3) is 0 Å². The summed E-state index contributed by atoms with van der Waals surface area (Å²) >= 11 is 0. The summed E-state index contributed by atoms with van der Waals surface area (Å²) in [6, 6.07) is 7.43. The van der Waals surface area contributed by atoms with Crippen LogP contribution in [0.2, 0.25) is 0 Å². The number of anilines is 1. The van der Waals surface area contributed by atoms with Gasteiger partial charge in [-0.05, 0) is 45.0 Å². The molecule has 0 bridgehead atoms. The van der Waals surface area contributed by atoms with Crippen molar-refractivity contribution in [2.24, 2.45) is 0 Å². The van der Waals surface area contributed by atoms with Crippen molar-refractivity contribution in [1.82, 2.24) is 19.8 Å². The minimum Gasteiger partial charge on any atom is -0.326 e. The third kappa shape index (κ3) is 2.43. The van der Waals surface area contributed by atoms with Gasteiger partial charge in [-0.2, -0.15) is 5.10 Å². The lowest BCUT2D eigenvalue weighted by atomic mass is 10.2. The SMILES string of the molecule is CC(=O)Nc1ccc(-c2nc3c(=C(C)C)c(C)nn3n2)cc1. The Bertz CT molecular complexity index is 904. The van der Waals surface area contributed by atoms with Crippen molar-refractivity contribution in [2.75, 3.05) is 5.32 Å². The molecule has 0 aliphatic heterocycles. The number of hydrogen-bond donors (Lipinski definition) is 1. The molecule has 0 atom stereocenters. The quantitative estimate of drug-likeness (QED) is 0.784. The van der Waals surface area contributed by atoms with Gasteiger partial charge >= 0.3 is 0 Å². The zero-order chi connectivity index (χ0) is 15.9. The molecule has 0 aliphatic rings. The predicted octanol–water partition coefficient (Wildman–Crippen LogP) is 1.97. The van der Waals surface area contributed by atoms with Gasteiger partial charge in [0, 0.05) is 23.4 Å². The zero-order valence-electron chi connectivity index (χ0n) is 13.0. The Morgan fingerprint density at radius 1 is 1.09 bits per heavy atom. The molecule has 22 heavy (non-hydrogen) atoms. The Morgan fingerprint density at radius 2 is 1.77 bits per heavy atom. The van der Waals surface area contributed by atoms with Crippen molar-refractivity contribution < 1.29 is 4.79 Å². The minimum atomic E-state index is -0.0927. The average molecular weight is 295 g/mol. The van der Waals surface area contributed by atoms with Gasteiger partial charge in [-0.1, -0.05) is 5.57 Å². The highest BCUT2D eigenvalue weighted by Gasteiger charge is 2.12. The molecule has 0 saturated heterocycles. The molecule has 2 aromatic heterocycles. The summed E-state index contributed by atoms with van der Waals surface area (Å²) in [5, 5.41) is 12.6. The largest absolute Gasteiger partial charge is 0.326 e. The molecule has 6 nitrogen and oxygen atoms in total. The van der Waals surface area contributed by atoms with Crippen molar-refractivity contribution in [2.45, 2.75) is 27.7 Å². The number of hydrogen-bond acceptors (Lipinski definition) is 4. The maximum absolute atomic E-state index is 11.0. The maximum atomic E-state index is 11.0. The number of nitrogens with one attached hydrogen (secondary N) is 1. The van der Waals surface area contributed by atoms with Crippen LogP contribution in [-0.4, -0.2) is 25.7 Å². The number of benzene rings is 1. The monoisotopic (exact) mass is 295 g/mol. The molecule has 3 rings (SSSR count). The molecule has 1 aromatic carbocycles. The normalized spacial score (nSPS) is 10.9. The first-order valence-electron chi connectivity index (χ1n) is 7.04. The molecule has 2 heterocycles. The molecule has 1 amide bonds. The van der Waals surface area contributed by atoms with Crippen LogP contribution >= 0.6 is 0 Å². The molecule has 0 saturated carbocycles. The summed E-state index contributed by atoms with van der Waals surface area (Å²) < 4.78 is 1.58. The fraction of sp³-hybridized carbons (Fsp3) is 0.250. The van der Waals surface area contributed by atoms with E-state index in [2.05, 4.69) is 20.5 Å². The van der Waals surface area contributed by atoms with Crippen molar-refractivity contribution in [3.63, 3.8) is 0 Å². The van der Waals surface area contributed by atoms with E-state index < -0.39 is 0 Å². The molecule has 0 radical (unpaired) electrons. The third-order valence-corrected chi connectivity index (χ3v) is 3.38. The van der Waals surface area contributed by atoms with Crippen LogP contribution in [0.15, 0.2) is 24.3 Å². The third-order valence-electron chi connectivity index (χ3n) is 3.38.